The lowest BCUT2D eigenvalue weighted by Gasteiger charge is -2.61. The Labute approximate surface area is 149 Å². The second kappa shape index (κ2) is 5.58. The van der Waals surface area contributed by atoms with Crippen LogP contribution in [0.25, 0.3) is 0 Å². The van der Waals surface area contributed by atoms with Crippen LogP contribution in [0.1, 0.15) is 56.6 Å². The Balaban J connectivity index is 1.66. The molecule has 2 unspecified atom stereocenters. The zero-order chi connectivity index (χ0) is 17.8. The monoisotopic (exact) mass is 341 g/mol. The van der Waals surface area contributed by atoms with Crippen molar-refractivity contribution in [3.8, 4) is 0 Å². The van der Waals surface area contributed by atoms with Crippen molar-refractivity contribution in [3.05, 3.63) is 35.4 Å². The first-order chi connectivity index (χ1) is 11.8. The van der Waals surface area contributed by atoms with Crippen molar-refractivity contribution in [3.63, 3.8) is 0 Å². The number of carbonyl (C=O) groups excluding carboxylic acids is 1. The molecule has 4 heteroatoms. The number of rotatable bonds is 4. The van der Waals surface area contributed by atoms with Crippen molar-refractivity contribution in [1.82, 2.24) is 5.32 Å². The van der Waals surface area contributed by atoms with Gasteiger partial charge in [0.2, 0.25) is 5.91 Å². The highest BCUT2D eigenvalue weighted by molar-refractivity contribution is 5.87. The fourth-order valence-electron chi connectivity index (χ4n) is 6.18. The Morgan fingerprint density at radius 2 is 1.72 bits per heavy atom. The van der Waals surface area contributed by atoms with Gasteiger partial charge in [-0.1, -0.05) is 29.8 Å². The van der Waals surface area contributed by atoms with E-state index in [0.29, 0.717) is 11.8 Å². The van der Waals surface area contributed by atoms with Crippen molar-refractivity contribution in [2.45, 2.75) is 63.8 Å². The standard InChI is InChI=1S/C21H27NO3/c1-13-3-5-17(6-4-13)20-8-15-7-16(9-20)11-21(10-15,12-20)19(25)22-14(2)18(23)24/h3-6,14-16H,7-12H2,1-2H3,(H,22,25)(H,23,24)/t14-,15?,16?,20?,21?/m1/s1. The van der Waals surface area contributed by atoms with Gasteiger partial charge in [-0.25, -0.2) is 0 Å². The van der Waals surface area contributed by atoms with Gasteiger partial charge in [0.25, 0.3) is 0 Å². The van der Waals surface area contributed by atoms with E-state index in [0.717, 1.165) is 19.3 Å². The zero-order valence-electron chi connectivity index (χ0n) is 15.0. The van der Waals surface area contributed by atoms with Gasteiger partial charge >= 0.3 is 5.97 Å². The molecule has 4 bridgehead atoms. The summed E-state index contributed by atoms with van der Waals surface area (Å²) in [4.78, 5) is 24.2. The number of hydrogen-bond donors (Lipinski definition) is 2. The summed E-state index contributed by atoms with van der Waals surface area (Å²) in [7, 11) is 0. The summed E-state index contributed by atoms with van der Waals surface area (Å²) in [6.45, 7) is 3.65. The van der Waals surface area contributed by atoms with Crippen molar-refractivity contribution >= 4 is 11.9 Å². The molecule has 0 heterocycles. The van der Waals surface area contributed by atoms with Crippen molar-refractivity contribution in [2.75, 3.05) is 0 Å². The van der Waals surface area contributed by atoms with Crippen LogP contribution < -0.4 is 5.32 Å². The number of benzene rings is 1. The van der Waals surface area contributed by atoms with Crippen LogP contribution in [0.4, 0.5) is 0 Å². The third-order valence-corrected chi connectivity index (χ3v) is 6.92. The lowest BCUT2D eigenvalue weighted by Crippen LogP contribution is -2.60. The molecule has 0 spiro atoms. The minimum absolute atomic E-state index is 0.0343. The van der Waals surface area contributed by atoms with Gasteiger partial charge in [-0.3, -0.25) is 9.59 Å². The van der Waals surface area contributed by atoms with E-state index in [-0.39, 0.29) is 16.7 Å². The lowest BCUT2D eigenvalue weighted by atomic mass is 9.42. The Bertz CT molecular complexity index is 694. The van der Waals surface area contributed by atoms with Gasteiger partial charge in [0, 0.05) is 0 Å². The summed E-state index contributed by atoms with van der Waals surface area (Å²) in [6.07, 6.45) is 6.31. The van der Waals surface area contributed by atoms with E-state index in [1.807, 2.05) is 0 Å². The maximum Gasteiger partial charge on any atom is 0.325 e. The van der Waals surface area contributed by atoms with Crippen LogP contribution >= 0.6 is 0 Å². The molecule has 0 radical (unpaired) electrons. The molecule has 3 atom stereocenters. The highest BCUT2D eigenvalue weighted by atomic mass is 16.4. The predicted molar refractivity (Wildman–Crippen MR) is 95.2 cm³/mol. The van der Waals surface area contributed by atoms with E-state index < -0.39 is 12.0 Å². The van der Waals surface area contributed by atoms with Crippen molar-refractivity contribution in [1.29, 1.82) is 0 Å². The van der Waals surface area contributed by atoms with Crippen LogP contribution in [0, 0.1) is 24.2 Å². The van der Waals surface area contributed by atoms with Gasteiger partial charge in [0.15, 0.2) is 0 Å². The van der Waals surface area contributed by atoms with Crippen molar-refractivity contribution in [2.24, 2.45) is 17.3 Å². The molecule has 4 nitrogen and oxygen atoms in total. The average molecular weight is 341 g/mol. The molecular formula is C21H27NO3. The van der Waals surface area contributed by atoms with Gasteiger partial charge in [0.1, 0.15) is 6.04 Å². The molecule has 2 N–H and O–H groups in total. The number of hydrogen-bond acceptors (Lipinski definition) is 2. The first-order valence-corrected chi connectivity index (χ1v) is 9.43. The summed E-state index contributed by atoms with van der Waals surface area (Å²) in [5, 5.41) is 11.9. The quantitative estimate of drug-likeness (QED) is 0.882. The number of carbonyl (C=O) groups is 2. The van der Waals surface area contributed by atoms with E-state index in [1.54, 1.807) is 6.92 Å². The van der Waals surface area contributed by atoms with E-state index in [9.17, 15) is 9.59 Å². The lowest BCUT2D eigenvalue weighted by molar-refractivity contribution is -0.153. The molecule has 134 valence electrons. The number of carboxylic acids is 1. The Morgan fingerprint density at radius 3 is 2.28 bits per heavy atom. The summed E-state index contributed by atoms with van der Waals surface area (Å²) >= 11 is 0. The molecule has 0 saturated heterocycles. The molecule has 4 aliphatic rings. The molecule has 5 rings (SSSR count). The smallest absolute Gasteiger partial charge is 0.325 e. The molecule has 4 fully saturated rings. The van der Waals surface area contributed by atoms with Crippen LogP contribution in [-0.2, 0) is 15.0 Å². The third-order valence-electron chi connectivity index (χ3n) is 6.92. The molecular weight excluding hydrogens is 314 g/mol. The first kappa shape index (κ1) is 16.6. The van der Waals surface area contributed by atoms with Crippen LogP contribution in [0.5, 0.6) is 0 Å². The molecule has 1 aromatic rings. The fraction of sp³-hybridized carbons (Fsp3) is 0.619. The van der Waals surface area contributed by atoms with Crippen LogP contribution in [-0.4, -0.2) is 23.0 Å². The maximum atomic E-state index is 13.1. The van der Waals surface area contributed by atoms with Gasteiger partial charge < -0.3 is 10.4 Å². The summed E-state index contributed by atoms with van der Waals surface area (Å²) in [5.74, 6) is 0.182. The van der Waals surface area contributed by atoms with Gasteiger partial charge in [-0.05, 0) is 75.2 Å². The average Bonchev–Trinajstić information content (AvgIpc) is 2.53. The molecule has 0 aliphatic heterocycles. The van der Waals surface area contributed by atoms with E-state index >= 15 is 0 Å². The Morgan fingerprint density at radius 1 is 1.12 bits per heavy atom. The highest BCUT2D eigenvalue weighted by Gasteiger charge is 2.61. The number of amides is 1. The normalized spacial score (nSPS) is 36.9. The molecule has 1 aromatic carbocycles. The minimum Gasteiger partial charge on any atom is -0.480 e. The summed E-state index contributed by atoms with van der Waals surface area (Å²) in [6, 6.07) is 8.01. The molecule has 0 aromatic heterocycles. The first-order valence-electron chi connectivity index (χ1n) is 9.43. The molecule has 4 saturated carbocycles. The second-order valence-electron chi connectivity index (χ2n) is 8.92. The predicted octanol–water partition coefficient (Wildman–Crippen LogP) is 3.42. The largest absolute Gasteiger partial charge is 0.480 e. The SMILES string of the molecule is Cc1ccc(C23CC4CC(CC(C(=O)N[C@H](C)C(=O)O)(C4)C2)C3)cc1. The van der Waals surface area contributed by atoms with E-state index in [1.165, 1.54) is 30.4 Å². The minimum atomic E-state index is -0.966. The zero-order valence-corrected chi connectivity index (χ0v) is 15.0. The third kappa shape index (κ3) is 2.66. The Kier molecular flexibility index (Phi) is 3.71. The van der Waals surface area contributed by atoms with Crippen LogP contribution in [0.15, 0.2) is 24.3 Å². The van der Waals surface area contributed by atoms with Crippen molar-refractivity contribution < 1.29 is 14.7 Å². The fourth-order valence-corrected chi connectivity index (χ4v) is 6.18. The van der Waals surface area contributed by atoms with E-state index in [4.69, 9.17) is 5.11 Å². The molecule has 1 amide bonds. The number of aryl methyl sites for hydroxylation is 1. The summed E-state index contributed by atoms with van der Waals surface area (Å²) < 4.78 is 0. The molecule has 25 heavy (non-hydrogen) atoms. The summed E-state index contributed by atoms with van der Waals surface area (Å²) in [5.41, 5.74) is 2.35. The topological polar surface area (TPSA) is 66.4 Å². The van der Waals surface area contributed by atoms with Gasteiger partial charge in [-0.2, -0.15) is 0 Å². The number of nitrogens with one attached hydrogen (secondary N) is 1. The van der Waals surface area contributed by atoms with Crippen LogP contribution in [0.2, 0.25) is 0 Å². The second-order valence-corrected chi connectivity index (χ2v) is 8.92. The number of aliphatic carboxylic acids is 1. The van der Waals surface area contributed by atoms with Crippen LogP contribution in [0.3, 0.4) is 0 Å². The van der Waals surface area contributed by atoms with E-state index in [2.05, 4.69) is 36.5 Å². The Hall–Kier alpha value is -1.84. The molecule has 4 aliphatic carbocycles. The van der Waals surface area contributed by atoms with Gasteiger partial charge in [-0.15, -0.1) is 0 Å². The maximum absolute atomic E-state index is 13.1. The van der Waals surface area contributed by atoms with Gasteiger partial charge in [0.05, 0.1) is 5.41 Å². The highest BCUT2D eigenvalue weighted by Crippen LogP contribution is 2.65. The number of carboxylic acid groups (broad SMARTS) is 1.